The van der Waals surface area contributed by atoms with Crippen LogP contribution in [0.3, 0.4) is 0 Å². The van der Waals surface area contributed by atoms with Crippen LogP contribution in [0.15, 0.2) is 45.9 Å². The number of ether oxygens (including phenoxy) is 2. The third-order valence-electron chi connectivity index (χ3n) is 3.49. The van der Waals surface area contributed by atoms with Crippen molar-refractivity contribution in [3.05, 3.63) is 42.4 Å². The summed E-state index contributed by atoms with van der Waals surface area (Å²) < 4.78 is 43.0. The topological polar surface area (TPSA) is 107 Å². The molecule has 0 unspecified atom stereocenters. The number of carbonyl (C=O) groups excluding carboxylic acids is 1. The summed E-state index contributed by atoms with van der Waals surface area (Å²) in [6.07, 6.45) is 2.22. The van der Waals surface area contributed by atoms with Crippen LogP contribution in [0, 0.1) is 0 Å². The summed E-state index contributed by atoms with van der Waals surface area (Å²) >= 11 is 0. The van der Waals surface area contributed by atoms with Gasteiger partial charge in [0.1, 0.15) is 5.76 Å². The number of furan rings is 1. The lowest BCUT2D eigenvalue weighted by atomic mass is 10.3. The van der Waals surface area contributed by atoms with Crippen molar-refractivity contribution in [3.8, 4) is 11.5 Å². The van der Waals surface area contributed by atoms with Gasteiger partial charge in [0, 0.05) is 12.5 Å². The normalized spacial score (nSPS) is 13.9. The van der Waals surface area contributed by atoms with Crippen LogP contribution in [0.4, 0.5) is 0 Å². The Kier molecular flexibility index (Phi) is 5.25. The van der Waals surface area contributed by atoms with Gasteiger partial charge in [0.25, 0.3) is 0 Å². The van der Waals surface area contributed by atoms with E-state index in [-0.39, 0.29) is 18.0 Å². The number of carbonyl (C=O) groups is 1. The van der Waals surface area contributed by atoms with Crippen molar-refractivity contribution in [2.75, 3.05) is 19.8 Å². The van der Waals surface area contributed by atoms with E-state index < -0.39 is 15.9 Å². The zero-order valence-electron chi connectivity index (χ0n) is 13.4. The first kappa shape index (κ1) is 17.3. The summed E-state index contributed by atoms with van der Waals surface area (Å²) in [5.74, 6) is 1.00. The van der Waals surface area contributed by atoms with Gasteiger partial charge in [0.15, 0.2) is 11.5 Å². The number of sulfonamides is 1. The summed E-state index contributed by atoms with van der Waals surface area (Å²) in [5, 5.41) is 2.56. The minimum absolute atomic E-state index is 0.00980. The Labute approximate surface area is 145 Å². The number of hydrogen-bond donors (Lipinski definition) is 2. The molecule has 2 aromatic rings. The van der Waals surface area contributed by atoms with Crippen LogP contribution in [-0.2, 0) is 21.4 Å². The van der Waals surface area contributed by atoms with E-state index in [1.165, 1.54) is 18.4 Å². The molecule has 1 amide bonds. The second kappa shape index (κ2) is 7.58. The first-order valence-corrected chi connectivity index (χ1v) is 9.21. The quantitative estimate of drug-likeness (QED) is 0.791. The standard InChI is InChI=1S/C16H18N2O6S/c19-16(17-10-12-3-1-6-22-12)11-18-25(20,21)13-4-5-14-15(9-13)24-8-2-7-23-14/h1,3-6,9,18H,2,7-8,10-11H2,(H,17,19). The third-order valence-corrected chi connectivity index (χ3v) is 4.89. The van der Waals surface area contributed by atoms with Crippen molar-refractivity contribution in [2.45, 2.75) is 17.9 Å². The van der Waals surface area contributed by atoms with Gasteiger partial charge in [-0.2, -0.15) is 0 Å². The van der Waals surface area contributed by atoms with E-state index in [0.717, 1.165) is 6.42 Å². The van der Waals surface area contributed by atoms with E-state index in [0.29, 0.717) is 30.5 Å². The first-order valence-electron chi connectivity index (χ1n) is 7.73. The van der Waals surface area contributed by atoms with E-state index in [1.807, 2.05) is 0 Å². The Hall–Kier alpha value is -2.52. The lowest BCUT2D eigenvalue weighted by Crippen LogP contribution is -2.36. The van der Waals surface area contributed by atoms with E-state index in [4.69, 9.17) is 13.9 Å². The number of rotatable bonds is 6. The van der Waals surface area contributed by atoms with Gasteiger partial charge in [-0.25, -0.2) is 13.1 Å². The van der Waals surface area contributed by atoms with Crippen molar-refractivity contribution >= 4 is 15.9 Å². The highest BCUT2D eigenvalue weighted by Gasteiger charge is 2.19. The monoisotopic (exact) mass is 366 g/mol. The van der Waals surface area contributed by atoms with Crippen LogP contribution in [0.1, 0.15) is 12.2 Å². The zero-order chi connectivity index (χ0) is 17.7. The second-order valence-corrected chi connectivity index (χ2v) is 7.11. The second-order valence-electron chi connectivity index (χ2n) is 5.34. The van der Waals surface area contributed by atoms with Crippen LogP contribution in [0.2, 0.25) is 0 Å². The maximum atomic E-state index is 12.3. The van der Waals surface area contributed by atoms with Gasteiger partial charge < -0.3 is 19.2 Å². The highest BCUT2D eigenvalue weighted by molar-refractivity contribution is 7.89. The SMILES string of the molecule is O=C(CNS(=O)(=O)c1ccc2c(c1)OCCCO2)NCc1ccco1. The molecule has 0 fully saturated rings. The molecule has 1 aromatic heterocycles. The number of hydrogen-bond acceptors (Lipinski definition) is 6. The molecule has 0 saturated carbocycles. The number of amides is 1. The number of fused-ring (bicyclic) bond motifs is 1. The Morgan fingerprint density at radius 3 is 2.68 bits per heavy atom. The molecule has 1 aliphatic heterocycles. The summed E-state index contributed by atoms with van der Waals surface area (Å²) in [4.78, 5) is 11.8. The highest BCUT2D eigenvalue weighted by atomic mass is 32.2. The van der Waals surface area contributed by atoms with Crippen LogP contribution in [0.5, 0.6) is 11.5 Å². The fourth-order valence-corrected chi connectivity index (χ4v) is 3.21. The maximum absolute atomic E-state index is 12.3. The molecule has 1 aliphatic rings. The predicted octanol–water partition coefficient (Wildman–Crippen LogP) is 1.04. The molecule has 8 nitrogen and oxygen atoms in total. The minimum Gasteiger partial charge on any atom is -0.490 e. The van der Waals surface area contributed by atoms with E-state index in [1.54, 1.807) is 18.2 Å². The summed E-state index contributed by atoms with van der Waals surface area (Å²) in [6.45, 7) is 0.793. The van der Waals surface area contributed by atoms with Gasteiger partial charge in [0.05, 0.1) is 37.5 Å². The smallest absolute Gasteiger partial charge is 0.241 e. The lowest BCUT2D eigenvalue weighted by Gasteiger charge is -2.11. The van der Waals surface area contributed by atoms with Crippen LogP contribution in [0.25, 0.3) is 0 Å². The van der Waals surface area contributed by atoms with E-state index >= 15 is 0 Å². The average Bonchev–Trinajstić information content (AvgIpc) is 3.01. The van der Waals surface area contributed by atoms with Gasteiger partial charge in [-0.15, -0.1) is 0 Å². The molecule has 0 bridgehead atoms. The molecule has 0 aliphatic carbocycles. The van der Waals surface area contributed by atoms with Crippen LogP contribution in [-0.4, -0.2) is 34.1 Å². The van der Waals surface area contributed by atoms with Gasteiger partial charge in [-0.1, -0.05) is 0 Å². The molecule has 0 saturated heterocycles. The molecule has 134 valence electrons. The fraction of sp³-hybridized carbons (Fsp3) is 0.312. The first-order chi connectivity index (χ1) is 12.0. The molecule has 25 heavy (non-hydrogen) atoms. The maximum Gasteiger partial charge on any atom is 0.241 e. The molecule has 2 heterocycles. The van der Waals surface area contributed by atoms with Crippen molar-refractivity contribution in [1.29, 1.82) is 0 Å². The Morgan fingerprint density at radius 1 is 1.12 bits per heavy atom. The Balaban J connectivity index is 1.59. The van der Waals surface area contributed by atoms with Gasteiger partial charge in [0.2, 0.25) is 15.9 Å². The summed E-state index contributed by atoms with van der Waals surface area (Å²) in [7, 11) is -3.84. The van der Waals surface area contributed by atoms with Crippen molar-refractivity contribution in [3.63, 3.8) is 0 Å². The molecule has 3 rings (SSSR count). The molecule has 0 spiro atoms. The number of nitrogens with one attached hydrogen (secondary N) is 2. The molecule has 9 heteroatoms. The molecular formula is C16H18N2O6S. The average molecular weight is 366 g/mol. The van der Waals surface area contributed by atoms with E-state index in [9.17, 15) is 13.2 Å². The third kappa shape index (κ3) is 4.52. The molecular weight excluding hydrogens is 348 g/mol. The van der Waals surface area contributed by atoms with Gasteiger partial charge in [-0.3, -0.25) is 4.79 Å². The minimum atomic E-state index is -3.84. The van der Waals surface area contributed by atoms with Crippen molar-refractivity contribution in [2.24, 2.45) is 0 Å². The van der Waals surface area contributed by atoms with Gasteiger partial charge in [-0.05, 0) is 24.3 Å². The van der Waals surface area contributed by atoms with Gasteiger partial charge >= 0.3 is 0 Å². The molecule has 0 radical (unpaired) electrons. The van der Waals surface area contributed by atoms with Crippen molar-refractivity contribution < 1.29 is 27.1 Å². The summed E-state index contributed by atoms with van der Waals surface area (Å²) in [5.41, 5.74) is 0. The Bertz CT molecular complexity index is 832. The van der Waals surface area contributed by atoms with E-state index in [2.05, 4.69) is 10.0 Å². The largest absolute Gasteiger partial charge is 0.490 e. The lowest BCUT2D eigenvalue weighted by molar-refractivity contribution is -0.120. The molecule has 0 atom stereocenters. The predicted molar refractivity (Wildman–Crippen MR) is 87.8 cm³/mol. The molecule has 2 N–H and O–H groups in total. The highest BCUT2D eigenvalue weighted by Crippen LogP contribution is 2.31. The Morgan fingerprint density at radius 2 is 1.92 bits per heavy atom. The van der Waals surface area contributed by atoms with Crippen LogP contribution < -0.4 is 19.5 Å². The zero-order valence-corrected chi connectivity index (χ0v) is 14.2. The molecule has 1 aromatic carbocycles. The van der Waals surface area contributed by atoms with Crippen LogP contribution >= 0.6 is 0 Å². The fourth-order valence-electron chi connectivity index (χ4n) is 2.22. The summed E-state index contributed by atoms with van der Waals surface area (Å²) in [6, 6.07) is 7.77. The number of benzene rings is 1. The van der Waals surface area contributed by atoms with Crippen molar-refractivity contribution in [1.82, 2.24) is 10.0 Å².